The third-order valence-corrected chi connectivity index (χ3v) is 5.22. The number of benzene rings is 1. The Morgan fingerprint density at radius 1 is 1.42 bits per heavy atom. The molecule has 2 heterocycles. The van der Waals surface area contributed by atoms with Gasteiger partial charge in [0.2, 0.25) is 11.8 Å². The Balaban J connectivity index is 1.63. The fraction of sp³-hybridized carbons (Fsp3) is 0.333. The molecule has 1 saturated heterocycles. The summed E-state index contributed by atoms with van der Waals surface area (Å²) in [6.07, 6.45) is 0.261. The molecule has 2 N–H and O–H groups in total. The van der Waals surface area contributed by atoms with Crippen LogP contribution in [0, 0.1) is 5.92 Å². The Morgan fingerprint density at radius 3 is 2.88 bits per heavy atom. The molecule has 1 aliphatic rings. The van der Waals surface area contributed by atoms with E-state index in [0.717, 1.165) is 11.1 Å². The summed E-state index contributed by atoms with van der Waals surface area (Å²) >= 11 is 1.27. The lowest BCUT2D eigenvalue weighted by Crippen LogP contribution is -2.32. The van der Waals surface area contributed by atoms with Crippen LogP contribution in [0.4, 0.5) is 0 Å². The summed E-state index contributed by atoms with van der Waals surface area (Å²) in [5.74, 6) is -1.46. The van der Waals surface area contributed by atoms with Crippen molar-refractivity contribution in [2.75, 3.05) is 13.1 Å². The van der Waals surface area contributed by atoms with Gasteiger partial charge in [-0.05, 0) is 18.6 Å². The second kappa shape index (κ2) is 7.65. The quantitative estimate of drug-likeness (QED) is 0.807. The zero-order chi connectivity index (χ0) is 18.7. The molecular formula is C18H19N3O4S. The van der Waals surface area contributed by atoms with Crippen LogP contribution in [0.2, 0.25) is 0 Å². The van der Waals surface area contributed by atoms with Crippen LogP contribution in [-0.2, 0) is 16.1 Å². The molecule has 3 rings (SSSR count). The fourth-order valence-corrected chi connectivity index (χ4v) is 3.70. The van der Waals surface area contributed by atoms with Crippen molar-refractivity contribution in [1.82, 2.24) is 15.2 Å². The van der Waals surface area contributed by atoms with E-state index in [-0.39, 0.29) is 29.8 Å². The molecule has 8 heteroatoms. The van der Waals surface area contributed by atoms with Crippen molar-refractivity contribution in [2.24, 2.45) is 5.92 Å². The topological polar surface area (TPSA) is 99.6 Å². The highest BCUT2D eigenvalue weighted by Crippen LogP contribution is 2.25. The van der Waals surface area contributed by atoms with E-state index in [4.69, 9.17) is 5.11 Å². The summed E-state index contributed by atoms with van der Waals surface area (Å²) in [6.45, 7) is 3.34. The number of nitrogens with zero attached hydrogens (tertiary/aromatic N) is 2. The minimum absolute atomic E-state index is 0.0210. The molecule has 1 unspecified atom stereocenters. The van der Waals surface area contributed by atoms with Crippen molar-refractivity contribution >= 4 is 29.1 Å². The van der Waals surface area contributed by atoms with Gasteiger partial charge in [0.1, 0.15) is 5.01 Å². The number of hydrogen-bond acceptors (Lipinski definition) is 5. The number of aromatic nitrogens is 1. The molecule has 0 bridgehead atoms. The van der Waals surface area contributed by atoms with Gasteiger partial charge in [-0.15, -0.1) is 11.3 Å². The van der Waals surface area contributed by atoms with Crippen molar-refractivity contribution < 1.29 is 19.5 Å². The Bertz CT molecular complexity index is 848. The first-order valence-electron chi connectivity index (χ1n) is 8.31. The molecule has 0 aliphatic carbocycles. The zero-order valence-corrected chi connectivity index (χ0v) is 15.1. The van der Waals surface area contributed by atoms with Crippen LogP contribution in [0.5, 0.6) is 0 Å². The summed E-state index contributed by atoms with van der Waals surface area (Å²) < 4.78 is 0. The molecule has 0 spiro atoms. The number of hydrogen-bond donors (Lipinski definition) is 2. The van der Waals surface area contributed by atoms with Gasteiger partial charge in [-0.2, -0.15) is 0 Å². The van der Waals surface area contributed by atoms with Gasteiger partial charge in [0.15, 0.2) is 5.69 Å². The first kappa shape index (κ1) is 18.1. The SMILES string of the molecule is CCN1CC(C(=O)NCc2cccc(-c3nc(C(=O)O)cs3)c2)CC1=O. The summed E-state index contributed by atoms with van der Waals surface area (Å²) in [4.78, 5) is 40.8. The number of amides is 2. The number of likely N-dealkylation sites (tertiary alicyclic amines) is 1. The van der Waals surface area contributed by atoms with Crippen LogP contribution < -0.4 is 5.32 Å². The predicted molar refractivity (Wildman–Crippen MR) is 96.7 cm³/mol. The molecule has 7 nitrogen and oxygen atoms in total. The van der Waals surface area contributed by atoms with Crippen LogP contribution in [0.25, 0.3) is 10.6 Å². The summed E-state index contributed by atoms with van der Waals surface area (Å²) in [5, 5.41) is 14.0. The van der Waals surface area contributed by atoms with Gasteiger partial charge in [0.25, 0.3) is 0 Å². The summed E-state index contributed by atoms with van der Waals surface area (Å²) in [7, 11) is 0. The molecule has 1 fully saturated rings. The summed E-state index contributed by atoms with van der Waals surface area (Å²) in [6, 6.07) is 7.46. The van der Waals surface area contributed by atoms with E-state index < -0.39 is 5.97 Å². The number of nitrogens with one attached hydrogen (secondary N) is 1. The molecule has 1 aromatic carbocycles. The van der Waals surface area contributed by atoms with Crippen molar-refractivity contribution in [2.45, 2.75) is 19.9 Å². The van der Waals surface area contributed by atoms with Crippen molar-refractivity contribution in [1.29, 1.82) is 0 Å². The normalized spacial score (nSPS) is 16.7. The Morgan fingerprint density at radius 2 is 2.23 bits per heavy atom. The average Bonchev–Trinajstić information content (AvgIpc) is 3.27. The van der Waals surface area contributed by atoms with E-state index in [9.17, 15) is 14.4 Å². The van der Waals surface area contributed by atoms with E-state index in [0.29, 0.717) is 24.6 Å². The number of aromatic carboxylic acids is 1. The molecule has 2 amide bonds. The molecule has 0 radical (unpaired) electrons. The van der Waals surface area contributed by atoms with Crippen LogP contribution in [0.1, 0.15) is 29.4 Å². The van der Waals surface area contributed by atoms with Gasteiger partial charge in [-0.3, -0.25) is 9.59 Å². The maximum absolute atomic E-state index is 12.3. The minimum atomic E-state index is -1.05. The third kappa shape index (κ3) is 3.91. The molecule has 136 valence electrons. The smallest absolute Gasteiger partial charge is 0.355 e. The Labute approximate surface area is 154 Å². The Hall–Kier alpha value is -2.74. The van der Waals surface area contributed by atoms with Crippen LogP contribution in [-0.4, -0.2) is 45.9 Å². The standard InChI is InChI=1S/C18H19N3O4S/c1-2-21-9-13(7-15(21)22)16(23)19-8-11-4-3-5-12(6-11)17-20-14(10-26-17)18(24)25/h3-6,10,13H,2,7-9H2,1H3,(H,19,23)(H,24,25). The lowest BCUT2D eigenvalue weighted by atomic mass is 10.1. The molecular weight excluding hydrogens is 354 g/mol. The molecule has 1 aromatic heterocycles. The lowest BCUT2D eigenvalue weighted by molar-refractivity contribution is -0.128. The van der Waals surface area contributed by atoms with Gasteiger partial charge in [0, 0.05) is 37.0 Å². The highest BCUT2D eigenvalue weighted by molar-refractivity contribution is 7.13. The number of carbonyl (C=O) groups excluding carboxylic acids is 2. The van der Waals surface area contributed by atoms with E-state index in [1.165, 1.54) is 16.7 Å². The van der Waals surface area contributed by atoms with Crippen LogP contribution >= 0.6 is 11.3 Å². The number of carboxylic acid groups (broad SMARTS) is 1. The lowest BCUT2D eigenvalue weighted by Gasteiger charge is -2.13. The number of carbonyl (C=O) groups is 3. The van der Waals surface area contributed by atoms with Crippen molar-refractivity contribution in [3.05, 3.63) is 40.9 Å². The van der Waals surface area contributed by atoms with Gasteiger partial charge in [0.05, 0.1) is 5.92 Å². The predicted octanol–water partition coefficient (Wildman–Crippen LogP) is 1.99. The first-order valence-corrected chi connectivity index (χ1v) is 9.19. The van der Waals surface area contributed by atoms with E-state index >= 15 is 0 Å². The van der Waals surface area contributed by atoms with Crippen LogP contribution in [0.3, 0.4) is 0 Å². The zero-order valence-electron chi connectivity index (χ0n) is 14.3. The van der Waals surface area contributed by atoms with Gasteiger partial charge in [-0.25, -0.2) is 9.78 Å². The van der Waals surface area contributed by atoms with Crippen molar-refractivity contribution in [3.63, 3.8) is 0 Å². The second-order valence-corrected chi connectivity index (χ2v) is 6.95. The summed E-state index contributed by atoms with van der Waals surface area (Å²) in [5.41, 5.74) is 1.72. The highest BCUT2D eigenvalue weighted by Gasteiger charge is 2.33. The second-order valence-electron chi connectivity index (χ2n) is 6.09. The number of carboxylic acids is 1. The molecule has 1 aliphatic heterocycles. The average molecular weight is 373 g/mol. The van der Waals surface area contributed by atoms with Crippen LogP contribution in [0.15, 0.2) is 29.6 Å². The van der Waals surface area contributed by atoms with Gasteiger partial charge >= 0.3 is 5.97 Å². The monoisotopic (exact) mass is 373 g/mol. The minimum Gasteiger partial charge on any atom is -0.476 e. The van der Waals surface area contributed by atoms with E-state index in [1.54, 1.807) is 4.90 Å². The molecule has 26 heavy (non-hydrogen) atoms. The Kier molecular flexibility index (Phi) is 5.32. The highest BCUT2D eigenvalue weighted by atomic mass is 32.1. The maximum atomic E-state index is 12.3. The van der Waals surface area contributed by atoms with Gasteiger partial charge < -0.3 is 15.3 Å². The number of rotatable bonds is 6. The maximum Gasteiger partial charge on any atom is 0.355 e. The van der Waals surface area contributed by atoms with E-state index in [2.05, 4.69) is 10.3 Å². The van der Waals surface area contributed by atoms with Crippen molar-refractivity contribution in [3.8, 4) is 10.6 Å². The molecule has 1 atom stereocenters. The largest absolute Gasteiger partial charge is 0.476 e. The van der Waals surface area contributed by atoms with E-state index in [1.807, 2.05) is 31.2 Å². The number of thiazole rings is 1. The molecule has 2 aromatic rings. The fourth-order valence-electron chi connectivity index (χ4n) is 2.91. The molecule has 0 saturated carbocycles. The first-order chi connectivity index (χ1) is 12.5. The van der Waals surface area contributed by atoms with Gasteiger partial charge in [-0.1, -0.05) is 18.2 Å². The third-order valence-electron chi connectivity index (χ3n) is 4.33.